The summed E-state index contributed by atoms with van der Waals surface area (Å²) in [6.45, 7) is 1.75. The van der Waals surface area contributed by atoms with E-state index in [1.165, 1.54) is 23.5 Å². The Bertz CT molecular complexity index is 1300. The van der Waals surface area contributed by atoms with E-state index in [1.807, 2.05) is 29.6 Å². The molecule has 0 radical (unpaired) electrons. The first-order valence-electron chi connectivity index (χ1n) is 9.11. The van der Waals surface area contributed by atoms with Crippen molar-refractivity contribution in [2.24, 2.45) is 0 Å². The van der Waals surface area contributed by atoms with Crippen molar-refractivity contribution in [2.75, 3.05) is 13.7 Å². The summed E-state index contributed by atoms with van der Waals surface area (Å²) in [6.07, 6.45) is 0.435. The van der Waals surface area contributed by atoms with E-state index in [4.69, 9.17) is 4.74 Å². The van der Waals surface area contributed by atoms with Gasteiger partial charge in [0.2, 0.25) is 15.0 Å². The molecule has 0 bridgehead atoms. The molecule has 0 unspecified atom stereocenters. The average molecular weight is 447 g/mol. The molecule has 0 spiro atoms. The molecule has 0 aliphatic rings. The minimum absolute atomic E-state index is 0.0712. The van der Waals surface area contributed by atoms with Gasteiger partial charge in [0, 0.05) is 23.9 Å². The van der Waals surface area contributed by atoms with E-state index in [2.05, 4.69) is 14.8 Å². The van der Waals surface area contributed by atoms with Gasteiger partial charge in [0.25, 0.3) is 0 Å². The van der Waals surface area contributed by atoms with Gasteiger partial charge in [-0.15, -0.1) is 16.4 Å². The molecule has 0 atom stereocenters. The zero-order valence-corrected chi connectivity index (χ0v) is 17.9. The Morgan fingerprint density at radius 1 is 1.20 bits per heavy atom. The molecule has 2 aromatic heterocycles. The van der Waals surface area contributed by atoms with Gasteiger partial charge in [-0.2, -0.15) is 4.98 Å². The zero-order valence-electron chi connectivity index (χ0n) is 16.3. The first-order chi connectivity index (χ1) is 14.4. The minimum Gasteiger partial charge on any atom is -0.497 e. The van der Waals surface area contributed by atoms with Gasteiger partial charge in [-0.05, 0) is 55.0 Å². The molecule has 2 heterocycles. The summed E-state index contributed by atoms with van der Waals surface area (Å²) < 4.78 is 47.8. The van der Waals surface area contributed by atoms with E-state index < -0.39 is 15.8 Å². The van der Waals surface area contributed by atoms with Gasteiger partial charge in [-0.3, -0.25) is 0 Å². The molecule has 0 fully saturated rings. The maximum atomic E-state index is 13.2. The standard InChI is InChI=1S/C20H19FN4O3S2/c1-13-11-15(21)5-8-18(13)30(26,27)22-10-9-16-12-29-20-23-19(24-25(16)20)14-3-6-17(28-2)7-4-14/h3-8,11-12,22H,9-10H2,1-2H3. The molecule has 1 N–H and O–H groups in total. The molecule has 0 saturated carbocycles. The molecule has 0 aliphatic heterocycles. The summed E-state index contributed by atoms with van der Waals surface area (Å²) in [7, 11) is -2.12. The second-order valence-electron chi connectivity index (χ2n) is 6.64. The van der Waals surface area contributed by atoms with Crippen LogP contribution in [0.5, 0.6) is 5.75 Å². The van der Waals surface area contributed by atoms with Crippen LogP contribution in [-0.4, -0.2) is 36.7 Å². The van der Waals surface area contributed by atoms with E-state index >= 15 is 0 Å². The van der Waals surface area contributed by atoms with E-state index in [0.29, 0.717) is 17.8 Å². The molecule has 0 amide bonds. The number of thiazole rings is 1. The molecule has 156 valence electrons. The molecule has 0 saturated heterocycles. The molecule has 0 aliphatic carbocycles. The van der Waals surface area contributed by atoms with Crippen LogP contribution in [0.25, 0.3) is 16.3 Å². The summed E-state index contributed by atoms with van der Waals surface area (Å²) in [4.78, 5) is 5.34. The Balaban J connectivity index is 1.48. The number of ether oxygens (including phenoxy) is 1. The number of rotatable bonds is 7. The third kappa shape index (κ3) is 4.07. The van der Waals surface area contributed by atoms with Gasteiger partial charge in [-0.25, -0.2) is 22.0 Å². The predicted molar refractivity (Wildman–Crippen MR) is 113 cm³/mol. The lowest BCUT2D eigenvalue weighted by Gasteiger charge is -2.09. The lowest BCUT2D eigenvalue weighted by atomic mass is 10.2. The Hall–Kier alpha value is -2.82. The van der Waals surface area contributed by atoms with Gasteiger partial charge in [0.05, 0.1) is 17.7 Å². The average Bonchev–Trinajstić information content (AvgIpc) is 3.29. The Labute approximate surface area is 177 Å². The zero-order chi connectivity index (χ0) is 21.3. The highest BCUT2D eigenvalue weighted by molar-refractivity contribution is 7.89. The number of aryl methyl sites for hydroxylation is 1. The van der Waals surface area contributed by atoms with Gasteiger partial charge >= 0.3 is 0 Å². The number of nitrogens with zero attached hydrogens (tertiary/aromatic N) is 3. The van der Waals surface area contributed by atoms with Crippen LogP contribution in [0.1, 0.15) is 11.3 Å². The fourth-order valence-electron chi connectivity index (χ4n) is 3.06. The minimum atomic E-state index is -3.73. The number of fused-ring (bicyclic) bond motifs is 1. The second kappa shape index (κ2) is 8.13. The number of hydrogen-bond acceptors (Lipinski definition) is 6. The highest BCUT2D eigenvalue weighted by Crippen LogP contribution is 2.23. The lowest BCUT2D eigenvalue weighted by molar-refractivity contribution is 0.415. The van der Waals surface area contributed by atoms with Crippen molar-refractivity contribution >= 4 is 26.3 Å². The van der Waals surface area contributed by atoms with Crippen LogP contribution in [0.4, 0.5) is 4.39 Å². The van der Waals surface area contributed by atoms with Crippen molar-refractivity contribution in [3.8, 4) is 17.1 Å². The highest BCUT2D eigenvalue weighted by Gasteiger charge is 2.18. The fourth-order valence-corrected chi connectivity index (χ4v) is 5.18. The topological polar surface area (TPSA) is 85.6 Å². The number of hydrogen-bond donors (Lipinski definition) is 1. The highest BCUT2D eigenvalue weighted by atomic mass is 32.2. The maximum Gasteiger partial charge on any atom is 0.240 e. The third-order valence-electron chi connectivity index (χ3n) is 4.60. The number of halogens is 1. The van der Waals surface area contributed by atoms with Crippen LogP contribution >= 0.6 is 11.3 Å². The quantitative estimate of drug-likeness (QED) is 0.470. The van der Waals surface area contributed by atoms with E-state index in [0.717, 1.165) is 28.0 Å². The fraction of sp³-hybridized carbons (Fsp3) is 0.200. The van der Waals surface area contributed by atoms with Gasteiger partial charge < -0.3 is 4.74 Å². The number of sulfonamides is 1. The van der Waals surface area contributed by atoms with E-state index in [9.17, 15) is 12.8 Å². The predicted octanol–water partition coefficient (Wildman–Crippen LogP) is 3.43. The summed E-state index contributed by atoms with van der Waals surface area (Å²) in [5.41, 5.74) is 2.08. The number of nitrogens with one attached hydrogen (secondary N) is 1. The number of benzene rings is 2. The van der Waals surface area contributed by atoms with Crippen LogP contribution in [0.15, 0.2) is 52.7 Å². The summed E-state index contributed by atoms with van der Waals surface area (Å²) >= 11 is 1.44. The van der Waals surface area contributed by atoms with Crippen molar-refractivity contribution in [3.05, 3.63) is 64.9 Å². The molecular formula is C20H19FN4O3S2. The van der Waals surface area contributed by atoms with Crippen molar-refractivity contribution in [3.63, 3.8) is 0 Å². The normalized spacial score (nSPS) is 11.8. The van der Waals surface area contributed by atoms with E-state index in [1.54, 1.807) is 18.5 Å². The Morgan fingerprint density at radius 2 is 1.97 bits per heavy atom. The second-order valence-corrected chi connectivity index (χ2v) is 9.21. The molecule has 4 aromatic rings. The monoisotopic (exact) mass is 446 g/mol. The van der Waals surface area contributed by atoms with Crippen molar-refractivity contribution in [2.45, 2.75) is 18.2 Å². The van der Waals surface area contributed by atoms with Crippen LogP contribution in [0, 0.1) is 12.7 Å². The molecule has 2 aromatic carbocycles. The number of aromatic nitrogens is 3. The molecule has 7 nitrogen and oxygen atoms in total. The maximum absolute atomic E-state index is 13.2. The van der Waals surface area contributed by atoms with Gasteiger partial charge in [0.1, 0.15) is 11.6 Å². The van der Waals surface area contributed by atoms with Crippen LogP contribution in [-0.2, 0) is 16.4 Å². The van der Waals surface area contributed by atoms with Crippen molar-refractivity contribution < 1.29 is 17.5 Å². The van der Waals surface area contributed by atoms with Gasteiger partial charge in [-0.1, -0.05) is 0 Å². The van der Waals surface area contributed by atoms with Crippen LogP contribution in [0.3, 0.4) is 0 Å². The molecule has 4 rings (SSSR count). The summed E-state index contributed by atoms with van der Waals surface area (Å²) in [5, 5.41) is 6.46. The summed E-state index contributed by atoms with van der Waals surface area (Å²) in [6, 6.07) is 11.1. The largest absolute Gasteiger partial charge is 0.497 e. The molecular weight excluding hydrogens is 427 g/mol. The Kier molecular flexibility index (Phi) is 5.54. The third-order valence-corrected chi connectivity index (χ3v) is 7.08. The first kappa shape index (κ1) is 20.5. The smallest absolute Gasteiger partial charge is 0.240 e. The van der Waals surface area contributed by atoms with Crippen molar-refractivity contribution in [1.82, 2.24) is 19.3 Å². The van der Waals surface area contributed by atoms with E-state index in [-0.39, 0.29) is 11.4 Å². The van der Waals surface area contributed by atoms with Crippen molar-refractivity contribution in [1.29, 1.82) is 0 Å². The molecule has 30 heavy (non-hydrogen) atoms. The lowest BCUT2D eigenvalue weighted by Crippen LogP contribution is -2.27. The summed E-state index contributed by atoms with van der Waals surface area (Å²) in [5.74, 6) is 0.878. The van der Waals surface area contributed by atoms with Gasteiger partial charge in [0.15, 0.2) is 5.82 Å². The van der Waals surface area contributed by atoms with Crippen LogP contribution in [0.2, 0.25) is 0 Å². The SMILES string of the molecule is COc1ccc(-c2nc3scc(CCNS(=O)(=O)c4ccc(F)cc4C)n3n2)cc1. The van der Waals surface area contributed by atoms with Crippen LogP contribution < -0.4 is 9.46 Å². The number of methoxy groups -OCH3 is 1. The Morgan fingerprint density at radius 3 is 2.67 bits per heavy atom. The first-order valence-corrected chi connectivity index (χ1v) is 11.5. The molecule has 10 heteroatoms.